The van der Waals surface area contributed by atoms with Crippen molar-refractivity contribution in [3.05, 3.63) is 96.2 Å². The second kappa shape index (κ2) is 11.4. The van der Waals surface area contributed by atoms with Crippen molar-refractivity contribution in [3.8, 4) is 28.4 Å². The predicted molar refractivity (Wildman–Crippen MR) is 137 cm³/mol. The van der Waals surface area contributed by atoms with Crippen LogP contribution < -0.4 is 14.8 Å². The van der Waals surface area contributed by atoms with E-state index < -0.39 is 0 Å². The zero-order valence-electron chi connectivity index (χ0n) is 20.3. The molecule has 180 valence electrons. The Balaban J connectivity index is 1.56. The lowest BCUT2D eigenvalue weighted by Crippen LogP contribution is -2.32. The number of rotatable bonds is 10. The third-order valence-corrected chi connectivity index (χ3v) is 5.72. The molecule has 4 aromatic rings. The van der Waals surface area contributed by atoms with Gasteiger partial charge in [-0.2, -0.15) is 5.10 Å². The summed E-state index contributed by atoms with van der Waals surface area (Å²) < 4.78 is 12.6. The monoisotopic (exact) mass is 470 g/mol. The maximum absolute atomic E-state index is 13.3. The molecule has 7 heteroatoms. The lowest BCUT2D eigenvalue weighted by molar-refractivity contribution is 0.0950. The Morgan fingerprint density at radius 3 is 2.37 bits per heavy atom. The van der Waals surface area contributed by atoms with Crippen LogP contribution in [0, 0.1) is 0 Å². The summed E-state index contributed by atoms with van der Waals surface area (Å²) in [6.07, 6.45) is 1.76. The number of amides is 1. The van der Waals surface area contributed by atoms with Crippen molar-refractivity contribution in [1.29, 1.82) is 0 Å². The zero-order valence-corrected chi connectivity index (χ0v) is 20.3. The van der Waals surface area contributed by atoms with Gasteiger partial charge in [0.2, 0.25) is 0 Å². The fraction of sp³-hybridized carbons (Fsp3) is 0.214. The van der Waals surface area contributed by atoms with Gasteiger partial charge in [-0.1, -0.05) is 48.5 Å². The molecule has 0 aliphatic heterocycles. The Bertz CT molecular complexity index is 1260. The number of likely N-dealkylation sites (N-methyl/N-ethyl adjacent to an activating group) is 1. The van der Waals surface area contributed by atoms with Crippen LogP contribution in [0.5, 0.6) is 11.5 Å². The highest BCUT2D eigenvalue weighted by Gasteiger charge is 2.21. The third kappa shape index (κ3) is 5.88. The summed E-state index contributed by atoms with van der Waals surface area (Å²) >= 11 is 0. The summed E-state index contributed by atoms with van der Waals surface area (Å²) in [6.45, 7) is 2.05. The van der Waals surface area contributed by atoms with Crippen LogP contribution in [0.3, 0.4) is 0 Å². The maximum Gasteiger partial charge on any atom is 0.255 e. The van der Waals surface area contributed by atoms with Crippen molar-refractivity contribution in [3.63, 3.8) is 0 Å². The molecule has 0 saturated heterocycles. The van der Waals surface area contributed by atoms with Gasteiger partial charge in [-0.25, -0.2) is 4.68 Å². The first-order valence-electron chi connectivity index (χ1n) is 11.5. The van der Waals surface area contributed by atoms with E-state index in [9.17, 15) is 4.79 Å². The molecule has 0 saturated carbocycles. The Kier molecular flexibility index (Phi) is 7.80. The second-order valence-electron chi connectivity index (χ2n) is 8.22. The van der Waals surface area contributed by atoms with E-state index >= 15 is 0 Å². The number of para-hydroxylation sites is 1. The Morgan fingerprint density at radius 2 is 1.69 bits per heavy atom. The molecule has 0 spiro atoms. The molecule has 0 fully saturated rings. The number of ether oxygens (including phenoxy) is 2. The summed E-state index contributed by atoms with van der Waals surface area (Å²) in [5, 5.41) is 7.81. The van der Waals surface area contributed by atoms with Crippen molar-refractivity contribution >= 4 is 5.91 Å². The van der Waals surface area contributed by atoms with Crippen LogP contribution in [0.15, 0.2) is 85.1 Å². The Labute approximate surface area is 205 Å². The van der Waals surface area contributed by atoms with Crippen molar-refractivity contribution in [2.45, 2.75) is 6.54 Å². The number of nitrogens with one attached hydrogen (secondary N) is 1. The minimum Gasteiger partial charge on any atom is -0.497 e. The van der Waals surface area contributed by atoms with Crippen LogP contribution >= 0.6 is 0 Å². The van der Waals surface area contributed by atoms with Crippen LogP contribution in [0.2, 0.25) is 0 Å². The van der Waals surface area contributed by atoms with E-state index in [4.69, 9.17) is 14.6 Å². The molecule has 0 atom stereocenters. The van der Waals surface area contributed by atoms with E-state index in [-0.39, 0.29) is 5.91 Å². The first-order valence-corrected chi connectivity index (χ1v) is 11.5. The normalized spacial score (nSPS) is 10.9. The minimum absolute atomic E-state index is 0.187. The first-order chi connectivity index (χ1) is 17.1. The highest BCUT2D eigenvalue weighted by Crippen LogP contribution is 2.34. The Morgan fingerprint density at radius 1 is 0.971 bits per heavy atom. The third-order valence-electron chi connectivity index (χ3n) is 5.72. The highest BCUT2D eigenvalue weighted by atomic mass is 16.5. The molecular formula is C28H30N4O3. The van der Waals surface area contributed by atoms with Gasteiger partial charge in [0.15, 0.2) is 0 Å². The molecular weight excluding hydrogens is 440 g/mol. The highest BCUT2D eigenvalue weighted by molar-refractivity contribution is 6.00. The largest absolute Gasteiger partial charge is 0.497 e. The molecule has 0 bridgehead atoms. The number of aromatic nitrogens is 2. The summed E-state index contributed by atoms with van der Waals surface area (Å²) in [4.78, 5) is 15.5. The van der Waals surface area contributed by atoms with E-state index in [0.717, 1.165) is 12.2 Å². The number of hydrogen-bond donors (Lipinski definition) is 1. The topological polar surface area (TPSA) is 68.6 Å². The SMILES string of the molecule is COc1ccc(-c2nn(-c3ccccc3)cc2C(=O)NCCN(C)Cc2ccccc2)c(OC)c1. The standard InChI is InChI=1S/C28H30N4O3/c1-31(19-21-10-6-4-7-11-21)17-16-29-28(33)25-20-32(22-12-8-5-9-13-22)30-27(25)24-15-14-23(34-2)18-26(24)35-3/h4-15,18,20H,16-17,19H2,1-3H3,(H,29,33). The predicted octanol–water partition coefficient (Wildman–Crippen LogP) is 4.42. The molecule has 3 aromatic carbocycles. The fourth-order valence-corrected chi connectivity index (χ4v) is 3.88. The molecule has 1 amide bonds. The van der Waals surface area contributed by atoms with Crippen LogP contribution in [-0.4, -0.2) is 54.9 Å². The second-order valence-corrected chi connectivity index (χ2v) is 8.22. The van der Waals surface area contributed by atoms with Gasteiger partial charge in [0.05, 0.1) is 25.5 Å². The van der Waals surface area contributed by atoms with E-state index in [0.29, 0.717) is 41.4 Å². The average molecular weight is 471 g/mol. The fourth-order valence-electron chi connectivity index (χ4n) is 3.88. The van der Waals surface area contributed by atoms with Crippen LogP contribution in [0.25, 0.3) is 16.9 Å². The molecule has 1 aromatic heterocycles. The number of nitrogens with zero attached hydrogens (tertiary/aromatic N) is 3. The minimum atomic E-state index is -0.187. The van der Waals surface area contributed by atoms with Crippen molar-refractivity contribution in [2.75, 3.05) is 34.4 Å². The molecule has 7 nitrogen and oxygen atoms in total. The van der Waals surface area contributed by atoms with E-state index in [1.54, 1.807) is 31.2 Å². The lowest BCUT2D eigenvalue weighted by atomic mass is 10.1. The number of benzene rings is 3. The van der Waals surface area contributed by atoms with Gasteiger partial charge in [0.25, 0.3) is 5.91 Å². The van der Waals surface area contributed by atoms with Gasteiger partial charge in [0, 0.05) is 37.5 Å². The number of hydrogen-bond acceptors (Lipinski definition) is 5. The van der Waals surface area contributed by atoms with Crippen LogP contribution in [-0.2, 0) is 6.54 Å². The molecule has 4 rings (SSSR count). The molecule has 0 aliphatic rings. The summed E-state index contributed by atoms with van der Waals surface area (Å²) in [5.74, 6) is 1.06. The molecule has 0 radical (unpaired) electrons. The summed E-state index contributed by atoms with van der Waals surface area (Å²) in [6, 6.07) is 25.5. The number of carbonyl (C=O) groups is 1. The zero-order chi connectivity index (χ0) is 24.6. The maximum atomic E-state index is 13.3. The summed E-state index contributed by atoms with van der Waals surface area (Å²) in [5.41, 5.74) is 3.84. The molecule has 35 heavy (non-hydrogen) atoms. The molecule has 0 aliphatic carbocycles. The van der Waals surface area contributed by atoms with Gasteiger partial charge in [0.1, 0.15) is 17.2 Å². The molecule has 1 N–H and O–H groups in total. The molecule has 1 heterocycles. The summed E-state index contributed by atoms with van der Waals surface area (Å²) in [7, 11) is 5.24. The van der Waals surface area contributed by atoms with Crippen molar-refractivity contribution < 1.29 is 14.3 Å². The van der Waals surface area contributed by atoms with E-state index in [2.05, 4.69) is 22.3 Å². The van der Waals surface area contributed by atoms with Gasteiger partial charge in [-0.05, 0) is 36.9 Å². The van der Waals surface area contributed by atoms with E-state index in [1.165, 1.54) is 5.56 Å². The first kappa shape index (κ1) is 24.0. The van der Waals surface area contributed by atoms with Crippen LogP contribution in [0.1, 0.15) is 15.9 Å². The Hall–Kier alpha value is -4.10. The van der Waals surface area contributed by atoms with Crippen molar-refractivity contribution in [2.24, 2.45) is 0 Å². The number of methoxy groups -OCH3 is 2. The van der Waals surface area contributed by atoms with Gasteiger partial charge in [-0.3, -0.25) is 4.79 Å². The van der Waals surface area contributed by atoms with Gasteiger partial charge in [-0.15, -0.1) is 0 Å². The average Bonchev–Trinajstić information content (AvgIpc) is 3.35. The van der Waals surface area contributed by atoms with Gasteiger partial charge >= 0.3 is 0 Å². The lowest BCUT2D eigenvalue weighted by Gasteiger charge is -2.17. The quantitative estimate of drug-likeness (QED) is 0.372. The van der Waals surface area contributed by atoms with Crippen molar-refractivity contribution in [1.82, 2.24) is 20.0 Å². The van der Waals surface area contributed by atoms with Gasteiger partial charge < -0.3 is 19.7 Å². The number of carbonyl (C=O) groups excluding carboxylic acids is 1. The smallest absolute Gasteiger partial charge is 0.255 e. The van der Waals surface area contributed by atoms with Crippen LogP contribution in [0.4, 0.5) is 0 Å². The van der Waals surface area contributed by atoms with E-state index in [1.807, 2.05) is 67.7 Å². The molecule has 0 unspecified atom stereocenters.